The van der Waals surface area contributed by atoms with E-state index in [4.69, 9.17) is 34.8 Å². The summed E-state index contributed by atoms with van der Waals surface area (Å²) in [6, 6.07) is 8.61. The zero-order valence-corrected chi connectivity index (χ0v) is 15.6. The van der Waals surface area contributed by atoms with Crippen LogP contribution >= 0.6 is 34.8 Å². The summed E-state index contributed by atoms with van der Waals surface area (Å²) in [5.74, 6) is 0.151. The fourth-order valence-corrected chi connectivity index (χ4v) is 3.14. The second-order valence-electron chi connectivity index (χ2n) is 5.03. The van der Waals surface area contributed by atoms with Gasteiger partial charge >= 0.3 is 0 Å². The smallest absolute Gasteiger partial charge is 0.126 e. The number of benzene rings is 2. The molecule has 0 spiro atoms. The fraction of sp³-hybridized carbons (Fsp3) is 0.235. The number of halogens is 3. The molecule has 0 bridgehead atoms. The maximum Gasteiger partial charge on any atom is 0.126 e. The van der Waals surface area contributed by atoms with Gasteiger partial charge < -0.3 is 10.0 Å². The van der Waals surface area contributed by atoms with Crippen LogP contribution in [0, 0.1) is 0 Å². The lowest BCUT2D eigenvalue weighted by Crippen LogP contribution is -2.21. The third-order valence-corrected chi connectivity index (χ3v) is 4.34. The monoisotopic (exact) mass is 385 g/mol. The molecule has 0 radical (unpaired) electrons. The van der Waals surface area contributed by atoms with E-state index in [2.05, 4.69) is 29.3 Å². The molecule has 7 heteroatoms. The van der Waals surface area contributed by atoms with Crippen molar-refractivity contribution in [2.24, 2.45) is 5.10 Å². The zero-order valence-electron chi connectivity index (χ0n) is 13.4. The maximum absolute atomic E-state index is 10.2. The summed E-state index contributed by atoms with van der Waals surface area (Å²) in [6.07, 6.45) is 1.50. The average Bonchev–Trinajstić information content (AvgIpc) is 2.52. The third-order valence-electron chi connectivity index (χ3n) is 3.53. The standard InChI is InChI=1S/C17H18Cl3N3O/c1-3-23(4-2)13-6-5-11(16(24)9-13)10-21-22-17-14(19)7-12(18)8-15(17)20/h5-10,22,24H,3-4H2,1-2H3. The minimum Gasteiger partial charge on any atom is -0.507 e. The van der Waals surface area contributed by atoms with Crippen LogP contribution in [0.3, 0.4) is 0 Å². The van der Waals surface area contributed by atoms with Crippen molar-refractivity contribution in [3.63, 3.8) is 0 Å². The molecule has 4 nitrogen and oxygen atoms in total. The van der Waals surface area contributed by atoms with Crippen LogP contribution in [0.5, 0.6) is 5.75 Å². The Kier molecular flexibility index (Phi) is 6.60. The lowest BCUT2D eigenvalue weighted by atomic mass is 10.2. The molecule has 0 saturated heterocycles. The van der Waals surface area contributed by atoms with Crippen molar-refractivity contribution in [3.8, 4) is 5.75 Å². The van der Waals surface area contributed by atoms with E-state index in [9.17, 15) is 5.11 Å². The minimum absolute atomic E-state index is 0.151. The van der Waals surface area contributed by atoms with Gasteiger partial charge in [-0.1, -0.05) is 34.8 Å². The van der Waals surface area contributed by atoms with Crippen LogP contribution < -0.4 is 10.3 Å². The Morgan fingerprint density at radius 2 is 1.71 bits per heavy atom. The van der Waals surface area contributed by atoms with Crippen molar-refractivity contribution in [2.75, 3.05) is 23.4 Å². The van der Waals surface area contributed by atoms with Gasteiger partial charge in [0.1, 0.15) is 5.75 Å². The van der Waals surface area contributed by atoms with Gasteiger partial charge in [0, 0.05) is 35.4 Å². The number of hydrogen-bond acceptors (Lipinski definition) is 4. The topological polar surface area (TPSA) is 47.9 Å². The van der Waals surface area contributed by atoms with Gasteiger partial charge in [0.25, 0.3) is 0 Å². The van der Waals surface area contributed by atoms with Crippen molar-refractivity contribution in [1.82, 2.24) is 0 Å². The van der Waals surface area contributed by atoms with Crippen LogP contribution in [0.15, 0.2) is 35.4 Å². The van der Waals surface area contributed by atoms with Crippen molar-refractivity contribution in [1.29, 1.82) is 0 Å². The summed E-state index contributed by atoms with van der Waals surface area (Å²) in [7, 11) is 0. The van der Waals surface area contributed by atoms with Crippen LogP contribution in [0.4, 0.5) is 11.4 Å². The van der Waals surface area contributed by atoms with Crippen molar-refractivity contribution in [2.45, 2.75) is 13.8 Å². The molecule has 0 aromatic heterocycles. The number of phenols is 1. The quantitative estimate of drug-likeness (QED) is 0.498. The second kappa shape index (κ2) is 8.47. The molecule has 0 aliphatic carbocycles. The first-order chi connectivity index (χ1) is 11.5. The van der Waals surface area contributed by atoms with Crippen LogP contribution in [0.1, 0.15) is 19.4 Å². The lowest BCUT2D eigenvalue weighted by Gasteiger charge is -2.21. The number of nitrogens with one attached hydrogen (secondary N) is 1. The Hall–Kier alpha value is -1.62. The first kappa shape index (κ1) is 18.7. The molecule has 0 saturated carbocycles. The molecule has 0 fully saturated rings. The normalized spacial score (nSPS) is 11.0. The SMILES string of the molecule is CCN(CC)c1ccc(C=NNc2c(Cl)cc(Cl)cc2Cl)c(O)c1. The van der Waals surface area contributed by atoms with Gasteiger partial charge in [0.2, 0.25) is 0 Å². The number of rotatable bonds is 6. The van der Waals surface area contributed by atoms with E-state index in [0.29, 0.717) is 26.3 Å². The summed E-state index contributed by atoms with van der Waals surface area (Å²) >= 11 is 18.0. The molecular weight excluding hydrogens is 369 g/mol. The molecule has 2 aromatic carbocycles. The third kappa shape index (κ3) is 4.47. The van der Waals surface area contributed by atoms with E-state index in [1.54, 1.807) is 24.3 Å². The van der Waals surface area contributed by atoms with E-state index in [0.717, 1.165) is 18.8 Å². The highest BCUT2D eigenvalue weighted by molar-refractivity contribution is 6.41. The highest BCUT2D eigenvalue weighted by atomic mass is 35.5. The van der Waals surface area contributed by atoms with Gasteiger partial charge in [-0.2, -0.15) is 5.10 Å². The second-order valence-corrected chi connectivity index (χ2v) is 6.28. The van der Waals surface area contributed by atoms with Gasteiger partial charge in [-0.15, -0.1) is 0 Å². The molecule has 2 aromatic rings. The average molecular weight is 387 g/mol. The summed E-state index contributed by atoms with van der Waals surface area (Å²) in [5.41, 5.74) is 4.77. The molecular formula is C17H18Cl3N3O. The largest absolute Gasteiger partial charge is 0.507 e. The molecule has 0 amide bonds. The molecule has 0 aliphatic heterocycles. The first-order valence-corrected chi connectivity index (χ1v) is 8.61. The van der Waals surface area contributed by atoms with Gasteiger partial charge in [0.05, 0.1) is 21.9 Å². The van der Waals surface area contributed by atoms with E-state index >= 15 is 0 Å². The van der Waals surface area contributed by atoms with Crippen LogP contribution in [-0.4, -0.2) is 24.4 Å². The number of anilines is 2. The molecule has 2 rings (SSSR count). The number of aromatic hydroxyl groups is 1. The molecule has 0 heterocycles. The van der Waals surface area contributed by atoms with Crippen molar-refractivity contribution < 1.29 is 5.11 Å². The van der Waals surface area contributed by atoms with Crippen molar-refractivity contribution >= 4 is 52.4 Å². The first-order valence-electron chi connectivity index (χ1n) is 7.47. The van der Waals surface area contributed by atoms with E-state index in [1.807, 2.05) is 6.07 Å². The number of hydrazone groups is 1. The Balaban J connectivity index is 2.15. The summed E-state index contributed by atoms with van der Waals surface area (Å²) in [5, 5.41) is 15.4. The maximum atomic E-state index is 10.2. The minimum atomic E-state index is 0.151. The van der Waals surface area contributed by atoms with Gasteiger partial charge in [0.15, 0.2) is 0 Å². The highest BCUT2D eigenvalue weighted by Gasteiger charge is 2.08. The number of phenolic OH excluding ortho intramolecular Hbond substituents is 1. The molecule has 2 N–H and O–H groups in total. The molecule has 128 valence electrons. The van der Waals surface area contributed by atoms with E-state index in [1.165, 1.54) is 6.21 Å². The molecule has 0 unspecified atom stereocenters. The van der Waals surface area contributed by atoms with Gasteiger partial charge in [-0.3, -0.25) is 5.43 Å². The van der Waals surface area contributed by atoms with Crippen molar-refractivity contribution in [3.05, 3.63) is 51.0 Å². The Morgan fingerprint density at radius 3 is 2.25 bits per heavy atom. The Bertz CT molecular complexity index is 723. The van der Waals surface area contributed by atoms with Crippen LogP contribution in [-0.2, 0) is 0 Å². The van der Waals surface area contributed by atoms with E-state index in [-0.39, 0.29) is 5.75 Å². The molecule has 24 heavy (non-hydrogen) atoms. The van der Waals surface area contributed by atoms with Crippen LogP contribution in [0.25, 0.3) is 0 Å². The number of nitrogens with zero attached hydrogens (tertiary/aromatic N) is 2. The van der Waals surface area contributed by atoms with Gasteiger partial charge in [-0.05, 0) is 38.1 Å². The van der Waals surface area contributed by atoms with Gasteiger partial charge in [-0.25, -0.2) is 0 Å². The van der Waals surface area contributed by atoms with Crippen LogP contribution in [0.2, 0.25) is 15.1 Å². The fourth-order valence-electron chi connectivity index (χ4n) is 2.24. The predicted octanol–water partition coefficient (Wildman–Crippen LogP) is 5.64. The Morgan fingerprint density at radius 1 is 1.08 bits per heavy atom. The molecule has 0 aliphatic rings. The molecule has 0 atom stereocenters. The zero-order chi connectivity index (χ0) is 17.7. The number of hydrogen-bond donors (Lipinski definition) is 2. The summed E-state index contributed by atoms with van der Waals surface area (Å²) in [4.78, 5) is 2.14. The predicted molar refractivity (Wildman–Crippen MR) is 104 cm³/mol. The highest BCUT2D eigenvalue weighted by Crippen LogP contribution is 2.33. The lowest BCUT2D eigenvalue weighted by molar-refractivity contribution is 0.474. The van der Waals surface area contributed by atoms with E-state index < -0.39 is 0 Å². The summed E-state index contributed by atoms with van der Waals surface area (Å²) in [6.45, 7) is 5.88. The Labute approximate surface area is 156 Å². The summed E-state index contributed by atoms with van der Waals surface area (Å²) < 4.78 is 0.